The van der Waals surface area contributed by atoms with Crippen LogP contribution in [0.5, 0.6) is 0 Å². The van der Waals surface area contributed by atoms with Gasteiger partial charge in [0.1, 0.15) is 4.90 Å². The van der Waals surface area contributed by atoms with Crippen LogP contribution in [0, 0.1) is 11.8 Å². The predicted octanol–water partition coefficient (Wildman–Crippen LogP) is 2.01. The highest BCUT2D eigenvalue weighted by Gasteiger charge is 2.28. The normalized spacial score (nSPS) is 26.5. The molecule has 21 heavy (non-hydrogen) atoms. The van der Waals surface area contributed by atoms with Crippen LogP contribution in [-0.4, -0.2) is 31.0 Å². The average Bonchev–Trinajstić information content (AvgIpc) is 2.38. The van der Waals surface area contributed by atoms with Gasteiger partial charge in [-0.25, -0.2) is 23.1 Å². The van der Waals surface area contributed by atoms with Crippen LogP contribution in [0.25, 0.3) is 0 Å². The van der Waals surface area contributed by atoms with Gasteiger partial charge in [-0.1, -0.05) is 13.8 Å². The lowest BCUT2D eigenvalue weighted by atomic mass is 9.81. The summed E-state index contributed by atoms with van der Waals surface area (Å²) in [5, 5.41) is 2.94. The molecule has 6 nitrogen and oxygen atoms in total. The zero-order valence-electron chi connectivity index (χ0n) is 12.8. The van der Waals surface area contributed by atoms with Crippen LogP contribution in [0.3, 0.4) is 0 Å². The molecule has 2 unspecified atom stereocenters. The number of sulfonamides is 1. The molecule has 0 aliphatic heterocycles. The Morgan fingerprint density at radius 1 is 1.14 bits per heavy atom. The quantitative estimate of drug-likeness (QED) is 0.869. The molecule has 1 aliphatic carbocycles. The van der Waals surface area contributed by atoms with Crippen LogP contribution < -0.4 is 10.0 Å². The van der Waals surface area contributed by atoms with Gasteiger partial charge in [-0.05, 0) is 38.0 Å². The summed E-state index contributed by atoms with van der Waals surface area (Å²) in [6.07, 6.45) is 5.64. The average molecular weight is 312 g/mol. The van der Waals surface area contributed by atoms with Crippen molar-refractivity contribution in [1.82, 2.24) is 14.7 Å². The number of hydrogen-bond acceptors (Lipinski definition) is 5. The van der Waals surface area contributed by atoms with Gasteiger partial charge in [0, 0.05) is 12.6 Å². The van der Waals surface area contributed by atoms with Crippen molar-refractivity contribution < 1.29 is 8.42 Å². The summed E-state index contributed by atoms with van der Waals surface area (Å²) in [6, 6.07) is 0.00203. The van der Waals surface area contributed by atoms with Gasteiger partial charge in [0.25, 0.3) is 0 Å². The van der Waals surface area contributed by atoms with E-state index in [-0.39, 0.29) is 10.9 Å². The van der Waals surface area contributed by atoms with Gasteiger partial charge in [0.2, 0.25) is 16.0 Å². The molecule has 1 saturated carbocycles. The lowest BCUT2D eigenvalue weighted by Gasteiger charge is -2.31. The molecular weight excluding hydrogens is 288 g/mol. The lowest BCUT2D eigenvalue weighted by molar-refractivity contribution is 0.257. The molecule has 0 spiro atoms. The molecule has 0 radical (unpaired) electrons. The first kappa shape index (κ1) is 16.2. The van der Waals surface area contributed by atoms with Gasteiger partial charge in [-0.2, -0.15) is 0 Å². The lowest BCUT2D eigenvalue weighted by Crippen LogP contribution is -2.40. The Labute approximate surface area is 126 Å². The van der Waals surface area contributed by atoms with Crippen LogP contribution in [0.4, 0.5) is 5.95 Å². The fraction of sp³-hybridized carbons (Fsp3) is 0.714. The van der Waals surface area contributed by atoms with Gasteiger partial charge in [0.05, 0.1) is 12.4 Å². The molecule has 1 aromatic heterocycles. The van der Waals surface area contributed by atoms with Gasteiger partial charge < -0.3 is 5.32 Å². The predicted molar refractivity (Wildman–Crippen MR) is 82.5 cm³/mol. The summed E-state index contributed by atoms with van der Waals surface area (Å²) < 4.78 is 27.5. The monoisotopic (exact) mass is 312 g/mol. The first-order chi connectivity index (χ1) is 9.90. The maximum atomic E-state index is 12.4. The third-order valence-electron chi connectivity index (χ3n) is 3.77. The van der Waals surface area contributed by atoms with E-state index in [1.165, 1.54) is 18.8 Å². The summed E-state index contributed by atoms with van der Waals surface area (Å²) in [5.41, 5.74) is 0. The van der Waals surface area contributed by atoms with Crippen molar-refractivity contribution in [3.8, 4) is 0 Å². The topological polar surface area (TPSA) is 84.0 Å². The third-order valence-corrected chi connectivity index (χ3v) is 5.25. The molecule has 7 heteroatoms. The molecule has 1 fully saturated rings. The van der Waals surface area contributed by atoms with E-state index in [9.17, 15) is 8.42 Å². The first-order valence-electron chi connectivity index (χ1n) is 7.49. The minimum Gasteiger partial charge on any atom is -0.355 e. The molecule has 2 atom stereocenters. The van der Waals surface area contributed by atoms with E-state index in [2.05, 4.69) is 33.9 Å². The summed E-state index contributed by atoms with van der Waals surface area (Å²) in [4.78, 5) is 8.15. The minimum absolute atomic E-state index is 0.00203. The molecule has 0 amide bonds. The van der Waals surface area contributed by atoms with Gasteiger partial charge in [-0.3, -0.25) is 0 Å². The summed E-state index contributed by atoms with van der Waals surface area (Å²) >= 11 is 0. The Morgan fingerprint density at radius 3 is 2.24 bits per heavy atom. The van der Waals surface area contributed by atoms with Crippen molar-refractivity contribution in [2.75, 3.05) is 11.9 Å². The van der Waals surface area contributed by atoms with Crippen LogP contribution >= 0.6 is 0 Å². The number of aromatic nitrogens is 2. The van der Waals surface area contributed by atoms with E-state index >= 15 is 0 Å². The highest BCUT2D eigenvalue weighted by atomic mass is 32.2. The van der Waals surface area contributed by atoms with Crippen LogP contribution in [0.2, 0.25) is 0 Å². The summed E-state index contributed by atoms with van der Waals surface area (Å²) in [6.45, 7) is 6.97. The highest BCUT2D eigenvalue weighted by Crippen LogP contribution is 2.29. The number of nitrogens with one attached hydrogen (secondary N) is 2. The second-order valence-corrected chi connectivity index (χ2v) is 7.72. The molecule has 1 heterocycles. The fourth-order valence-corrected chi connectivity index (χ4v) is 4.19. The van der Waals surface area contributed by atoms with Crippen molar-refractivity contribution in [2.45, 2.75) is 51.0 Å². The van der Waals surface area contributed by atoms with Crippen molar-refractivity contribution >= 4 is 16.0 Å². The summed E-state index contributed by atoms with van der Waals surface area (Å²) in [7, 11) is -3.54. The van der Waals surface area contributed by atoms with Crippen molar-refractivity contribution in [3.05, 3.63) is 12.4 Å². The van der Waals surface area contributed by atoms with E-state index in [1.54, 1.807) is 0 Å². The van der Waals surface area contributed by atoms with Crippen molar-refractivity contribution in [2.24, 2.45) is 11.8 Å². The van der Waals surface area contributed by atoms with E-state index in [4.69, 9.17) is 0 Å². The molecular formula is C14H24N4O2S. The van der Waals surface area contributed by atoms with Gasteiger partial charge in [0.15, 0.2) is 0 Å². The third kappa shape index (κ3) is 4.38. The van der Waals surface area contributed by atoms with E-state index in [0.717, 1.165) is 12.8 Å². The van der Waals surface area contributed by atoms with E-state index < -0.39 is 10.0 Å². The SMILES string of the molecule is CCNc1ncc(S(=O)(=O)NC2CC(C)CC(C)C2)cn1. The zero-order valence-corrected chi connectivity index (χ0v) is 13.7. The zero-order chi connectivity index (χ0) is 15.5. The molecule has 1 aromatic rings. The summed E-state index contributed by atoms with van der Waals surface area (Å²) in [5.74, 6) is 1.54. The maximum Gasteiger partial charge on any atom is 0.243 e. The number of nitrogens with zero attached hydrogens (tertiary/aromatic N) is 2. The standard InChI is InChI=1S/C14H24N4O2S/c1-4-15-14-16-8-13(9-17-14)21(19,20)18-12-6-10(2)5-11(3)7-12/h8-12,18H,4-7H2,1-3H3,(H,15,16,17). The Kier molecular flexibility index (Phi) is 5.16. The molecule has 2 rings (SSSR count). The molecule has 118 valence electrons. The first-order valence-corrected chi connectivity index (χ1v) is 8.97. The highest BCUT2D eigenvalue weighted by molar-refractivity contribution is 7.89. The largest absolute Gasteiger partial charge is 0.355 e. The Balaban J connectivity index is 2.07. The maximum absolute atomic E-state index is 12.4. The minimum atomic E-state index is -3.54. The molecule has 0 bridgehead atoms. The van der Waals surface area contributed by atoms with E-state index in [1.807, 2.05) is 6.92 Å². The Bertz CT molecular complexity index is 549. The van der Waals surface area contributed by atoms with Gasteiger partial charge in [-0.15, -0.1) is 0 Å². The van der Waals surface area contributed by atoms with E-state index in [0.29, 0.717) is 24.3 Å². The second-order valence-electron chi connectivity index (χ2n) is 6.01. The molecule has 0 saturated heterocycles. The number of anilines is 1. The fourth-order valence-electron chi connectivity index (χ4n) is 3.04. The van der Waals surface area contributed by atoms with Crippen molar-refractivity contribution in [1.29, 1.82) is 0 Å². The van der Waals surface area contributed by atoms with Crippen LogP contribution in [0.1, 0.15) is 40.0 Å². The molecule has 0 aromatic carbocycles. The van der Waals surface area contributed by atoms with Crippen molar-refractivity contribution in [3.63, 3.8) is 0 Å². The Morgan fingerprint density at radius 2 is 1.71 bits per heavy atom. The smallest absolute Gasteiger partial charge is 0.243 e. The van der Waals surface area contributed by atoms with Crippen LogP contribution in [-0.2, 0) is 10.0 Å². The van der Waals surface area contributed by atoms with Gasteiger partial charge >= 0.3 is 0 Å². The molecule has 2 N–H and O–H groups in total. The Hall–Kier alpha value is -1.21. The second kappa shape index (κ2) is 6.70. The molecule has 1 aliphatic rings. The number of rotatable bonds is 5. The number of hydrogen-bond donors (Lipinski definition) is 2. The van der Waals surface area contributed by atoms with Crippen LogP contribution in [0.15, 0.2) is 17.3 Å².